The minimum atomic E-state index is -1.56. The summed E-state index contributed by atoms with van der Waals surface area (Å²) in [5, 5.41) is 12.4. The number of alkyl halides is 1. The number of fused-ring (bicyclic) bond motifs is 1. The van der Waals surface area contributed by atoms with E-state index in [0.29, 0.717) is 11.3 Å². The molecule has 2 aromatic carbocycles. The summed E-state index contributed by atoms with van der Waals surface area (Å²) in [5.41, 5.74) is -0.527. The van der Waals surface area contributed by atoms with Crippen molar-refractivity contribution in [2.24, 2.45) is 0 Å². The van der Waals surface area contributed by atoms with Gasteiger partial charge in [0, 0.05) is 5.88 Å². The van der Waals surface area contributed by atoms with Gasteiger partial charge in [0.2, 0.25) is 5.91 Å². The normalized spacial score (nSPS) is 20.5. The van der Waals surface area contributed by atoms with Crippen LogP contribution in [-0.2, 0) is 10.2 Å². The zero-order valence-electron chi connectivity index (χ0n) is 11.3. The SMILES string of the molecule is O=C1Nc2cccc(Cl)c2C(=O)C1(CCl)c1ccc(O)cc1. The number of nitrogens with one attached hydrogen (secondary N) is 1. The molecule has 1 heterocycles. The summed E-state index contributed by atoms with van der Waals surface area (Å²) in [4.78, 5) is 25.6. The first-order chi connectivity index (χ1) is 10.5. The van der Waals surface area contributed by atoms with Crippen LogP contribution in [0.1, 0.15) is 15.9 Å². The van der Waals surface area contributed by atoms with Gasteiger partial charge in [-0.2, -0.15) is 0 Å². The molecule has 1 amide bonds. The Balaban J connectivity index is 2.24. The van der Waals surface area contributed by atoms with Crippen LogP contribution in [0.15, 0.2) is 42.5 Å². The third-order valence-corrected chi connectivity index (χ3v) is 4.54. The molecule has 1 aliphatic heterocycles. The molecule has 0 aliphatic carbocycles. The average Bonchev–Trinajstić information content (AvgIpc) is 2.49. The Kier molecular flexibility index (Phi) is 3.59. The van der Waals surface area contributed by atoms with E-state index in [9.17, 15) is 14.7 Å². The molecule has 0 saturated carbocycles. The van der Waals surface area contributed by atoms with E-state index in [1.807, 2.05) is 0 Å². The lowest BCUT2D eigenvalue weighted by Crippen LogP contribution is -2.52. The van der Waals surface area contributed by atoms with E-state index in [1.165, 1.54) is 24.3 Å². The Hall–Kier alpha value is -2.04. The summed E-state index contributed by atoms with van der Waals surface area (Å²) in [6.45, 7) is 0. The first-order valence-electron chi connectivity index (χ1n) is 6.51. The fraction of sp³-hybridized carbons (Fsp3) is 0.125. The van der Waals surface area contributed by atoms with Gasteiger partial charge >= 0.3 is 0 Å². The molecular weight excluding hydrogens is 325 g/mol. The summed E-state index contributed by atoms with van der Waals surface area (Å²) in [7, 11) is 0. The van der Waals surface area contributed by atoms with Gasteiger partial charge < -0.3 is 10.4 Å². The van der Waals surface area contributed by atoms with Crippen molar-refractivity contribution in [2.45, 2.75) is 5.41 Å². The van der Waals surface area contributed by atoms with E-state index in [0.717, 1.165) is 0 Å². The Morgan fingerprint density at radius 1 is 1.09 bits per heavy atom. The molecule has 4 nitrogen and oxygen atoms in total. The highest BCUT2D eigenvalue weighted by molar-refractivity contribution is 6.40. The number of rotatable bonds is 2. The van der Waals surface area contributed by atoms with Crippen molar-refractivity contribution in [2.75, 3.05) is 11.2 Å². The first-order valence-corrected chi connectivity index (χ1v) is 7.42. The summed E-state index contributed by atoms with van der Waals surface area (Å²) >= 11 is 12.2. The molecule has 0 radical (unpaired) electrons. The van der Waals surface area contributed by atoms with Crippen molar-refractivity contribution in [1.82, 2.24) is 0 Å². The van der Waals surface area contributed by atoms with Crippen molar-refractivity contribution >= 4 is 40.6 Å². The third kappa shape index (κ3) is 1.99. The van der Waals surface area contributed by atoms with Crippen molar-refractivity contribution < 1.29 is 14.7 Å². The van der Waals surface area contributed by atoms with E-state index in [-0.39, 0.29) is 22.2 Å². The zero-order chi connectivity index (χ0) is 15.9. The number of amides is 1. The predicted molar refractivity (Wildman–Crippen MR) is 84.9 cm³/mol. The third-order valence-electron chi connectivity index (χ3n) is 3.82. The van der Waals surface area contributed by atoms with Crippen LogP contribution in [0.5, 0.6) is 5.75 Å². The second-order valence-electron chi connectivity index (χ2n) is 5.03. The highest BCUT2D eigenvalue weighted by Crippen LogP contribution is 2.40. The van der Waals surface area contributed by atoms with Crippen molar-refractivity contribution in [3.8, 4) is 5.75 Å². The summed E-state index contributed by atoms with van der Waals surface area (Å²) in [6, 6.07) is 10.7. The quantitative estimate of drug-likeness (QED) is 0.653. The second-order valence-corrected chi connectivity index (χ2v) is 5.71. The molecule has 112 valence electrons. The highest BCUT2D eigenvalue weighted by Gasteiger charge is 2.51. The molecule has 0 fully saturated rings. The molecule has 0 aromatic heterocycles. The lowest BCUT2D eigenvalue weighted by molar-refractivity contribution is -0.119. The van der Waals surface area contributed by atoms with E-state index in [1.54, 1.807) is 18.2 Å². The number of hydrogen-bond donors (Lipinski definition) is 2. The number of anilines is 1. The van der Waals surface area contributed by atoms with Gasteiger partial charge in [-0.25, -0.2) is 0 Å². The van der Waals surface area contributed by atoms with E-state index >= 15 is 0 Å². The molecule has 0 bridgehead atoms. The number of halogens is 2. The molecule has 1 aliphatic rings. The number of Topliss-reactive ketones (excluding diaryl/α,β-unsaturated/α-hetero) is 1. The minimum absolute atomic E-state index is 0.0376. The smallest absolute Gasteiger partial charge is 0.244 e. The number of carbonyl (C=O) groups is 2. The Bertz CT molecular complexity index is 773. The van der Waals surface area contributed by atoms with Gasteiger partial charge in [-0.3, -0.25) is 9.59 Å². The molecule has 1 unspecified atom stereocenters. The van der Waals surface area contributed by atoms with Gasteiger partial charge in [-0.05, 0) is 29.8 Å². The average molecular weight is 336 g/mol. The van der Waals surface area contributed by atoms with Crippen LogP contribution in [0.25, 0.3) is 0 Å². The van der Waals surface area contributed by atoms with Crippen molar-refractivity contribution in [1.29, 1.82) is 0 Å². The standard InChI is InChI=1S/C16H11Cl2NO3/c17-8-16(9-4-6-10(20)7-5-9)14(21)13-11(18)2-1-3-12(13)19-15(16)22/h1-7,20H,8H2,(H,19,22). The maximum atomic E-state index is 13.0. The molecule has 3 rings (SSSR count). The summed E-state index contributed by atoms with van der Waals surface area (Å²) in [5.74, 6) is -1.14. The Labute approximate surface area is 136 Å². The zero-order valence-corrected chi connectivity index (χ0v) is 12.8. The maximum Gasteiger partial charge on any atom is 0.244 e. The lowest BCUT2D eigenvalue weighted by Gasteiger charge is -2.34. The highest BCUT2D eigenvalue weighted by atomic mass is 35.5. The Morgan fingerprint density at radius 3 is 2.41 bits per heavy atom. The summed E-state index contributed by atoms with van der Waals surface area (Å²) in [6.07, 6.45) is 0. The number of carbonyl (C=O) groups excluding carboxylic acids is 2. The molecule has 2 aromatic rings. The maximum absolute atomic E-state index is 13.0. The topological polar surface area (TPSA) is 66.4 Å². The molecule has 1 atom stereocenters. The number of aromatic hydroxyl groups is 1. The fourth-order valence-corrected chi connectivity index (χ4v) is 3.27. The van der Waals surface area contributed by atoms with Gasteiger partial charge in [-0.15, -0.1) is 11.6 Å². The van der Waals surface area contributed by atoms with Gasteiger partial charge in [-0.1, -0.05) is 29.8 Å². The number of phenols is 1. The van der Waals surface area contributed by atoms with E-state index in [2.05, 4.69) is 5.32 Å². The first kappa shape index (κ1) is 14.9. The lowest BCUT2D eigenvalue weighted by atomic mass is 9.72. The van der Waals surface area contributed by atoms with Gasteiger partial charge in [0.15, 0.2) is 11.2 Å². The Morgan fingerprint density at radius 2 is 1.77 bits per heavy atom. The molecule has 0 spiro atoms. The fourth-order valence-electron chi connectivity index (χ4n) is 2.61. The molecule has 22 heavy (non-hydrogen) atoms. The van der Waals surface area contributed by atoms with Crippen LogP contribution in [0.3, 0.4) is 0 Å². The number of hydrogen-bond acceptors (Lipinski definition) is 3. The van der Waals surface area contributed by atoms with Crippen molar-refractivity contribution in [3.05, 3.63) is 58.6 Å². The van der Waals surface area contributed by atoms with Crippen LogP contribution in [0, 0.1) is 0 Å². The van der Waals surface area contributed by atoms with Crippen LogP contribution >= 0.6 is 23.2 Å². The predicted octanol–water partition coefficient (Wildman–Crippen LogP) is 3.36. The molecule has 6 heteroatoms. The molecule has 0 saturated heterocycles. The van der Waals surface area contributed by atoms with Crippen LogP contribution in [-0.4, -0.2) is 22.7 Å². The number of benzene rings is 2. The van der Waals surface area contributed by atoms with E-state index < -0.39 is 17.1 Å². The van der Waals surface area contributed by atoms with E-state index in [4.69, 9.17) is 23.2 Å². The molecule has 2 N–H and O–H groups in total. The van der Waals surface area contributed by atoms with Gasteiger partial charge in [0.1, 0.15) is 5.75 Å². The van der Waals surface area contributed by atoms with Crippen LogP contribution in [0.4, 0.5) is 5.69 Å². The van der Waals surface area contributed by atoms with Crippen molar-refractivity contribution in [3.63, 3.8) is 0 Å². The van der Waals surface area contributed by atoms with Gasteiger partial charge in [0.25, 0.3) is 0 Å². The summed E-state index contributed by atoms with van der Waals surface area (Å²) < 4.78 is 0. The van der Waals surface area contributed by atoms with Crippen LogP contribution < -0.4 is 5.32 Å². The van der Waals surface area contributed by atoms with Gasteiger partial charge in [0.05, 0.1) is 16.3 Å². The second kappa shape index (κ2) is 5.30. The molecular formula is C16H11Cl2NO3. The minimum Gasteiger partial charge on any atom is -0.508 e. The number of phenolic OH excluding ortho intramolecular Hbond substituents is 1. The van der Waals surface area contributed by atoms with Crippen LogP contribution in [0.2, 0.25) is 5.02 Å². The number of ketones is 1. The monoisotopic (exact) mass is 335 g/mol. The largest absolute Gasteiger partial charge is 0.508 e.